The topological polar surface area (TPSA) is 86.7 Å². The van der Waals surface area contributed by atoms with Crippen LogP contribution >= 0.6 is 7.92 Å². The summed E-state index contributed by atoms with van der Waals surface area (Å²) >= 11 is 0. The van der Waals surface area contributed by atoms with E-state index in [0.717, 1.165) is 0 Å². The molecule has 1 fully saturated rings. The van der Waals surface area contributed by atoms with Crippen LogP contribution in [-0.4, -0.2) is 54.1 Å². The van der Waals surface area contributed by atoms with Gasteiger partial charge in [-0.05, 0) is 45.1 Å². The summed E-state index contributed by atoms with van der Waals surface area (Å²) in [6, 6.07) is 4.23. The Morgan fingerprint density at radius 2 is 1.43 bits per heavy atom. The van der Waals surface area contributed by atoms with Gasteiger partial charge in [0.25, 0.3) is 0 Å². The molecule has 0 aromatic heterocycles. The molecule has 2 rings (SSSR count). The molecule has 1 heterocycles. The van der Waals surface area contributed by atoms with Crippen molar-refractivity contribution in [2.24, 2.45) is 0 Å². The van der Waals surface area contributed by atoms with E-state index in [0.29, 0.717) is 19.2 Å². The third-order valence-electron chi connectivity index (χ3n) is 3.80. The highest BCUT2D eigenvalue weighted by Gasteiger charge is 2.28. The van der Waals surface area contributed by atoms with Crippen molar-refractivity contribution in [3.63, 3.8) is 0 Å². The summed E-state index contributed by atoms with van der Waals surface area (Å²) in [5.74, 6) is -2.29. The lowest BCUT2D eigenvalue weighted by Crippen LogP contribution is -2.51. The van der Waals surface area contributed by atoms with Gasteiger partial charge in [-0.15, -0.1) is 0 Å². The van der Waals surface area contributed by atoms with Gasteiger partial charge in [0.15, 0.2) is 0 Å². The van der Waals surface area contributed by atoms with Crippen molar-refractivity contribution in [2.45, 2.75) is 20.8 Å². The molecule has 1 aromatic carbocycles. The van der Waals surface area contributed by atoms with Crippen molar-refractivity contribution >= 4 is 25.2 Å². The molecule has 1 aromatic rings. The quantitative estimate of drug-likeness (QED) is 0.622. The van der Waals surface area contributed by atoms with Crippen LogP contribution in [0.5, 0.6) is 0 Å². The van der Waals surface area contributed by atoms with Crippen molar-refractivity contribution < 1.29 is 19.8 Å². The standard InChI is InChI=1S/C16H23N2O4P/c1-11-4-12(2)16(13(3)5-11)23-9-17(6-14(19)20)8-18(10-23)7-15(21)22/h4-5H,6-10H2,1-3H3,(H,19,20)(H,21,22)/p-2. The summed E-state index contributed by atoms with van der Waals surface area (Å²) in [6.07, 6.45) is 1.27. The van der Waals surface area contributed by atoms with Gasteiger partial charge in [0, 0.05) is 25.7 Å². The van der Waals surface area contributed by atoms with E-state index in [1.54, 1.807) is 9.80 Å². The minimum Gasteiger partial charge on any atom is -0.549 e. The van der Waals surface area contributed by atoms with Crippen LogP contribution in [0.15, 0.2) is 12.1 Å². The smallest absolute Gasteiger partial charge is 0.0555 e. The Hall–Kier alpha value is -1.49. The Labute approximate surface area is 137 Å². The van der Waals surface area contributed by atoms with E-state index in [2.05, 4.69) is 26.0 Å². The number of carboxylic acids is 2. The Balaban J connectivity index is 2.28. The van der Waals surface area contributed by atoms with Gasteiger partial charge >= 0.3 is 0 Å². The molecule has 1 aliphatic rings. The van der Waals surface area contributed by atoms with Crippen molar-refractivity contribution in [3.8, 4) is 0 Å². The molecule has 23 heavy (non-hydrogen) atoms. The van der Waals surface area contributed by atoms with Gasteiger partial charge in [-0.2, -0.15) is 0 Å². The molecule has 0 amide bonds. The second-order valence-corrected chi connectivity index (χ2v) is 8.21. The van der Waals surface area contributed by atoms with Crippen LogP contribution in [0.25, 0.3) is 0 Å². The van der Waals surface area contributed by atoms with E-state index in [4.69, 9.17) is 0 Å². The Morgan fingerprint density at radius 1 is 1.00 bits per heavy atom. The van der Waals surface area contributed by atoms with E-state index in [-0.39, 0.29) is 13.1 Å². The van der Waals surface area contributed by atoms with E-state index in [1.807, 2.05) is 6.92 Å². The maximum Gasteiger partial charge on any atom is 0.0555 e. The molecule has 0 aliphatic carbocycles. The fourth-order valence-electron chi connectivity index (χ4n) is 3.28. The van der Waals surface area contributed by atoms with Crippen LogP contribution < -0.4 is 15.5 Å². The fraction of sp³-hybridized carbons (Fsp3) is 0.500. The first-order valence-electron chi connectivity index (χ1n) is 7.43. The summed E-state index contributed by atoms with van der Waals surface area (Å²) in [7, 11) is -0.691. The number of rotatable bonds is 5. The Morgan fingerprint density at radius 3 is 1.83 bits per heavy atom. The van der Waals surface area contributed by atoms with Gasteiger partial charge in [-0.1, -0.05) is 17.7 Å². The van der Waals surface area contributed by atoms with Crippen molar-refractivity contribution in [2.75, 3.05) is 32.3 Å². The lowest BCUT2D eigenvalue weighted by molar-refractivity contribution is -0.306. The molecule has 1 aliphatic heterocycles. The summed E-state index contributed by atoms with van der Waals surface area (Å²) < 4.78 is 0. The van der Waals surface area contributed by atoms with Crippen LogP contribution in [-0.2, 0) is 9.59 Å². The molecular weight excluding hydrogens is 315 g/mol. The Bertz CT molecular complexity index is 573. The summed E-state index contributed by atoms with van der Waals surface area (Å²) in [5, 5.41) is 23.1. The molecular formula is C16H21N2O4P-2. The van der Waals surface area contributed by atoms with E-state index in [1.165, 1.54) is 22.0 Å². The number of hydrogen-bond acceptors (Lipinski definition) is 6. The zero-order chi connectivity index (χ0) is 17.1. The summed E-state index contributed by atoms with van der Waals surface area (Å²) in [5.41, 5.74) is 3.54. The fourth-order valence-corrected chi connectivity index (χ4v) is 6.12. The minimum absolute atomic E-state index is 0.188. The van der Waals surface area contributed by atoms with Crippen molar-refractivity contribution in [3.05, 3.63) is 28.8 Å². The first-order chi connectivity index (χ1) is 10.8. The number of carbonyl (C=O) groups is 2. The second kappa shape index (κ2) is 7.39. The van der Waals surface area contributed by atoms with Crippen LogP contribution in [0, 0.1) is 20.8 Å². The minimum atomic E-state index is -1.15. The first-order valence-corrected chi connectivity index (χ1v) is 9.14. The maximum atomic E-state index is 10.9. The third-order valence-corrected chi connectivity index (χ3v) is 6.62. The van der Waals surface area contributed by atoms with E-state index in [9.17, 15) is 19.8 Å². The zero-order valence-electron chi connectivity index (χ0n) is 13.7. The van der Waals surface area contributed by atoms with Crippen molar-refractivity contribution in [1.82, 2.24) is 9.80 Å². The van der Waals surface area contributed by atoms with Crippen LogP contribution in [0.2, 0.25) is 0 Å². The number of carbonyl (C=O) groups excluding carboxylic acids is 2. The highest BCUT2D eigenvalue weighted by atomic mass is 31.1. The molecule has 0 spiro atoms. The predicted molar refractivity (Wildman–Crippen MR) is 85.2 cm³/mol. The van der Waals surface area contributed by atoms with Crippen molar-refractivity contribution in [1.29, 1.82) is 0 Å². The normalized spacial score (nSPS) is 17.3. The molecule has 1 saturated heterocycles. The molecule has 0 unspecified atom stereocenters. The monoisotopic (exact) mass is 336 g/mol. The van der Waals surface area contributed by atoms with Crippen LogP contribution in [0.3, 0.4) is 0 Å². The number of nitrogens with zero attached hydrogens (tertiary/aromatic N) is 2. The predicted octanol–water partition coefficient (Wildman–Crippen LogP) is -1.29. The van der Waals surface area contributed by atoms with Crippen LogP contribution in [0.4, 0.5) is 0 Å². The summed E-state index contributed by atoms with van der Waals surface area (Å²) in [6.45, 7) is 6.09. The number of aryl methyl sites for hydroxylation is 3. The number of benzene rings is 1. The number of aliphatic carboxylic acids is 2. The lowest BCUT2D eigenvalue weighted by atomic mass is 10.1. The molecule has 126 valence electrons. The molecule has 0 bridgehead atoms. The second-order valence-electron chi connectivity index (χ2n) is 6.11. The summed E-state index contributed by atoms with van der Waals surface area (Å²) in [4.78, 5) is 25.3. The zero-order valence-corrected chi connectivity index (χ0v) is 14.6. The maximum absolute atomic E-state index is 10.9. The molecule has 0 saturated carbocycles. The lowest BCUT2D eigenvalue weighted by Gasteiger charge is -2.41. The number of carboxylic acid groups (broad SMARTS) is 2. The van der Waals surface area contributed by atoms with Gasteiger partial charge in [0.2, 0.25) is 0 Å². The first kappa shape index (κ1) is 17.9. The molecule has 6 nitrogen and oxygen atoms in total. The van der Waals surface area contributed by atoms with Gasteiger partial charge in [-0.25, -0.2) is 0 Å². The molecule has 0 atom stereocenters. The number of hydrogen-bond donors (Lipinski definition) is 0. The van der Waals surface area contributed by atoms with Gasteiger partial charge in [0.1, 0.15) is 0 Å². The molecule has 0 radical (unpaired) electrons. The van der Waals surface area contributed by atoms with E-state index >= 15 is 0 Å². The average Bonchev–Trinajstić information content (AvgIpc) is 2.34. The van der Waals surface area contributed by atoms with Gasteiger partial charge in [0.05, 0.1) is 18.6 Å². The Kier molecular flexibility index (Phi) is 5.74. The highest BCUT2D eigenvalue weighted by molar-refractivity contribution is 7.65. The van der Waals surface area contributed by atoms with Crippen LogP contribution in [0.1, 0.15) is 16.7 Å². The van der Waals surface area contributed by atoms with Gasteiger partial charge < -0.3 is 19.8 Å². The molecule has 0 N–H and O–H groups in total. The largest absolute Gasteiger partial charge is 0.549 e. The third kappa shape index (κ3) is 4.74. The van der Waals surface area contributed by atoms with E-state index < -0.39 is 19.9 Å². The molecule has 7 heteroatoms. The SMILES string of the molecule is Cc1cc(C)c(P2CN(CC(=O)[O-])CN(CC(=O)[O-])C2)c(C)c1. The van der Waals surface area contributed by atoms with Gasteiger partial charge in [-0.3, -0.25) is 9.80 Å². The average molecular weight is 336 g/mol. The highest BCUT2D eigenvalue weighted by Crippen LogP contribution is 2.41.